The Hall–Kier alpha value is -0.890. The summed E-state index contributed by atoms with van der Waals surface area (Å²) in [5.74, 6) is 0. The van der Waals surface area contributed by atoms with Gasteiger partial charge in [-0.1, -0.05) is 26.8 Å². The Balaban J connectivity index is 2.94. The minimum Gasteiger partial charge on any atom is -0.324 e. The smallest absolute Gasteiger partial charge is 0.0457 e. The molecule has 1 atom stereocenters. The van der Waals surface area contributed by atoms with E-state index in [2.05, 4.69) is 37.9 Å². The number of aromatic nitrogens is 1. The van der Waals surface area contributed by atoms with Crippen molar-refractivity contribution in [1.82, 2.24) is 4.98 Å². The lowest BCUT2D eigenvalue weighted by Crippen LogP contribution is -2.14. The van der Waals surface area contributed by atoms with Crippen molar-refractivity contribution in [1.29, 1.82) is 0 Å². The quantitative estimate of drug-likeness (QED) is 0.717. The monoisotopic (exact) mass is 178 g/mol. The van der Waals surface area contributed by atoms with Crippen molar-refractivity contribution in [3.8, 4) is 0 Å². The van der Waals surface area contributed by atoms with Crippen LogP contribution >= 0.6 is 0 Å². The van der Waals surface area contributed by atoms with Gasteiger partial charge in [-0.05, 0) is 18.6 Å². The topological polar surface area (TPSA) is 38.9 Å². The molecule has 0 saturated carbocycles. The summed E-state index contributed by atoms with van der Waals surface area (Å²) < 4.78 is 0. The van der Waals surface area contributed by atoms with Crippen molar-refractivity contribution in [2.45, 2.75) is 39.2 Å². The van der Waals surface area contributed by atoms with E-state index in [1.165, 1.54) is 0 Å². The fraction of sp³-hybridized carbons (Fsp3) is 0.545. The molecule has 1 aromatic heterocycles. The first-order chi connectivity index (χ1) is 5.91. The van der Waals surface area contributed by atoms with Crippen LogP contribution < -0.4 is 5.73 Å². The second-order valence-electron chi connectivity index (χ2n) is 4.52. The first-order valence-electron chi connectivity index (χ1n) is 4.63. The highest BCUT2D eigenvalue weighted by Gasteiger charge is 2.14. The van der Waals surface area contributed by atoms with Gasteiger partial charge in [-0.2, -0.15) is 0 Å². The van der Waals surface area contributed by atoms with Gasteiger partial charge in [-0.25, -0.2) is 0 Å². The molecule has 0 amide bonds. The summed E-state index contributed by atoms with van der Waals surface area (Å²) in [4.78, 5) is 4.39. The minimum absolute atomic E-state index is 0.0709. The van der Waals surface area contributed by atoms with Crippen LogP contribution in [-0.4, -0.2) is 4.98 Å². The number of pyridine rings is 1. The van der Waals surface area contributed by atoms with Gasteiger partial charge in [0.15, 0.2) is 0 Å². The predicted molar refractivity (Wildman–Crippen MR) is 55.5 cm³/mol. The highest BCUT2D eigenvalue weighted by molar-refractivity contribution is 5.20. The molecule has 0 radical (unpaired) electrons. The van der Waals surface area contributed by atoms with E-state index in [9.17, 15) is 0 Å². The van der Waals surface area contributed by atoms with E-state index < -0.39 is 0 Å². The van der Waals surface area contributed by atoms with Crippen LogP contribution in [0.4, 0.5) is 0 Å². The molecule has 0 unspecified atom stereocenters. The van der Waals surface area contributed by atoms with Crippen molar-refractivity contribution in [3.63, 3.8) is 0 Å². The molecule has 0 fully saturated rings. The first kappa shape index (κ1) is 10.2. The van der Waals surface area contributed by atoms with Crippen molar-refractivity contribution >= 4 is 0 Å². The van der Waals surface area contributed by atoms with Crippen LogP contribution in [-0.2, 0) is 5.41 Å². The number of rotatable bonds is 1. The van der Waals surface area contributed by atoms with Gasteiger partial charge in [0.1, 0.15) is 0 Å². The molecule has 1 heterocycles. The molecule has 2 nitrogen and oxygen atoms in total. The summed E-state index contributed by atoms with van der Waals surface area (Å²) in [7, 11) is 0. The summed E-state index contributed by atoms with van der Waals surface area (Å²) in [6.07, 6.45) is 1.87. The number of hydrogen-bond acceptors (Lipinski definition) is 2. The fourth-order valence-electron chi connectivity index (χ4n) is 1.12. The Kier molecular flexibility index (Phi) is 2.71. The second-order valence-corrected chi connectivity index (χ2v) is 4.52. The molecule has 1 aromatic rings. The van der Waals surface area contributed by atoms with Crippen LogP contribution in [0.2, 0.25) is 0 Å². The lowest BCUT2D eigenvalue weighted by Gasteiger charge is -2.18. The number of nitrogens with two attached hydrogens (primary N) is 1. The number of nitrogens with zero attached hydrogens (tertiary/aromatic N) is 1. The molecule has 72 valence electrons. The Morgan fingerprint density at radius 3 is 2.23 bits per heavy atom. The van der Waals surface area contributed by atoms with E-state index in [1.54, 1.807) is 0 Å². The van der Waals surface area contributed by atoms with E-state index in [1.807, 2.05) is 13.1 Å². The molecule has 0 bridgehead atoms. The zero-order chi connectivity index (χ0) is 10.1. The lowest BCUT2D eigenvalue weighted by molar-refractivity contribution is 0.567. The molecular formula is C11H18N2. The average Bonchev–Trinajstić information content (AvgIpc) is 2.03. The maximum Gasteiger partial charge on any atom is 0.0457 e. The van der Waals surface area contributed by atoms with Gasteiger partial charge in [-0.15, -0.1) is 0 Å². The Bertz CT molecular complexity index is 267. The molecule has 0 saturated heterocycles. The number of hydrogen-bond donors (Lipinski definition) is 1. The second kappa shape index (κ2) is 3.46. The maximum absolute atomic E-state index is 5.73. The van der Waals surface area contributed by atoms with Gasteiger partial charge in [-0.3, -0.25) is 4.98 Å². The van der Waals surface area contributed by atoms with Crippen molar-refractivity contribution < 1.29 is 0 Å². The zero-order valence-electron chi connectivity index (χ0n) is 8.83. The highest BCUT2D eigenvalue weighted by atomic mass is 14.7. The van der Waals surface area contributed by atoms with Crippen LogP contribution in [0.1, 0.15) is 45.0 Å². The summed E-state index contributed by atoms with van der Waals surface area (Å²) in [5, 5.41) is 0. The summed E-state index contributed by atoms with van der Waals surface area (Å²) in [5.41, 5.74) is 8.05. The molecule has 0 aliphatic heterocycles. The van der Waals surface area contributed by atoms with Crippen LogP contribution in [0.3, 0.4) is 0 Å². The summed E-state index contributed by atoms with van der Waals surface area (Å²) in [6, 6.07) is 4.18. The standard InChI is InChI=1S/C11H18N2/c1-8(12)9-5-6-10(13-7-9)11(2,3)4/h5-8H,12H2,1-4H3/t8-/m0/s1. The van der Waals surface area contributed by atoms with Crippen molar-refractivity contribution in [2.24, 2.45) is 5.73 Å². The Labute approximate surface area is 80.2 Å². The molecule has 2 heteroatoms. The summed E-state index contributed by atoms with van der Waals surface area (Å²) >= 11 is 0. The largest absolute Gasteiger partial charge is 0.324 e. The fourth-order valence-corrected chi connectivity index (χ4v) is 1.12. The highest BCUT2D eigenvalue weighted by Crippen LogP contribution is 2.20. The first-order valence-corrected chi connectivity index (χ1v) is 4.63. The van der Waals surface area contributed by atoms with E-state index in [-0.39, 0.29) is 11.5 Å². The molecule has 1 rings (SSSR count). The van der Waals surface area contributed by atoms with E-state index in [0.29, 0.717) is 0 Å². The predicted octanol–water partition coefficient (Wildman–Crippen LogP) is 2.40. The summed E-state index contributed by atoms with van der Waals surface area (Å²) in [6.45, 7) is 8.43. The third-order valence-electron chi connectivity index (χ3n) is 2.08. The van der Waals surface area contributed by atoms with Gasteiger partial charge in [0.05, 0.1) is 0 Å². The van der Waals surface area contributed by atoms with Gasteiger partial charge >= 0.3 is 0 Å². The van der Waals surface area contributed by atoms with Gasteiger partial charge in [0.2, 0.25) is 0 Å². The Morgan fingerprint density at radius 1 is 1.31 bits per heavy atom. The van der Waals surface area contributed by atoms with Crippen LogP contribution in [0, 0.1) is 0 Å². The normalized spacial score (nSPS) is 14.2. The van der Waals surface area contributed by atoms with E-state index >= 15 is 0 Å². The van der Waals surface area contributed by atoms with E-state index in [0.717, 1.165) is 11.3 Å². The molecular weight excluding hydrogens is 160 g/mol. The molecule has 0 spiro atoms. The molecule has 2 N–H and O–H groups in total. The van der Waals surface area contributed by atoms with Crippen LogP contribution in [0.25, 0.3) is 0 Å². The zero-order valence-corrected chi connectivity index (χ0v) is 8.83. The molecule has 0 aromatic carbocycles. The molecule has 13 heavy (non-hydrogen) atoms. The van der Waals surface area contributed by atoms with Crippen LogP contribution in [0.15, 0.2) is 18.3 Å². The molecule has 0 aliphatic rings. The molecule has 0 aliphatic carbocycles. The minimum atomic E-state index is 0.0709. The van der Waals surface area contributed by atoms with Crippen molar-refractivity contribution in [3.05, 3.63) is 29.6 Å². The maximum atomic E-state index is 5.73. The van der Waals surface area contributed by atoms with E-state index in [4.69, 9.17) is 5.73 Å². The third kappa shape index (κ3) is 2.52. The van der Waals surface area contributed by atoms with Gasteiger partial charge in [0, 0.05) is 23.3 Å². The lowest BCUT2D eigenvalue weighted by atomic mass is 9.91. The van der Waals surface area contributed by atoms with Crippen molar-refractivity contribution in [2.75, 3.05) is 0 Å². The third-order valence-corrected chi connectivity index (χ3v) is 2.08. The van der Waals surface area contributed by atoms with Gasteiger partial charge in [0.25, 0.3) is 0 Å². The SMILES string of the molecule is C[C@H](N)c1ccc(C(C)(C)C)nc1. The van der Waals surface area contributed by atoms with Crippen LogP contribution in [0.5, 0.6) is 0 Å². The average molecular weight is 178 g/mol. The van der Waals surface area contributed by atoms with Gasteiger partial charge < -0.3 is 5.73 Å². The Morgan fingerprint density at radius 2 is 1.92 bits per heavy atom.